The van der Waals surface area contributed by atoms with Gasteiger partial charge in [-0.1, -0.05) is 24.3 Å². The maximum Gasteiger partial charge on any atom is 0.193 e. The van der Waals surface area contributed by atoms with E-state index in [1.54, 1.807) is 0 Å². The molecular formula is C29H26N4O. The van der Waals surface area contributed by atoms with Gasteiger partial charge in [0.05, 0.1) is 0 Å². The fourth-order valence-corrected chi connectivity index (χ4v) is 4.96. The Morgan fingerprint density at radius 3 is 1.50 bits per heavy atom. The Morgan fingerprint density at radius 1 is 0.676 bits per heavy atom. The van der Waals surface area contributed by atoms with Crippen LogP contribution in [-0.2, 0) is 4.79 Å². The highest BCUT2D eigenvalue weighted by Crippen LogP contribution is 2.36. The number of benzene rings is 2. The zero-order chi connectivity index (χ0) is 23.2. The number of hydrogen-bond acceptors (Lipinski definition) is 5. The second-order valence-corrected chi connectivity index (χ2v) is 9.21. The Kier molecular flexibility index (Phi) is 4.77. The summed E-state index contributed by atoms with van der Waals surface area (Å²) in [6.45, 7) is 1.73. The van der Waals surface area contributed by atoms with E-state index in [-0.39, 0.29) is 5.78 Å². The van der Waals surface area contributed by atoms with Crippen molar-refractivity contribution in [2.45, 2.75) is 0 Å². The third-order valence-corrected chi connectivity index (χ3v) is 6.89. The van der Waals surface area contributed by atoms with E-state index in [2.05, 4.69) is 34.4 Å². The molecule has 0 saturated heterocycles. The Bertz CT molecular complexity index is 1240. The zero-order valence-electron chi connectivity index (χ0n) is 18.8. The number of hydrogen-bond donors (Lipinski definition) is 2. The zero-order valence-corrected chi connectivity index (χ0v) is 18.8. The molecule has 0 radical (unpaired) electrons. The monoisotopic (exact) mass is 446 g/mol. The summed E-state index contributed by atoms with van der Waals surface area (Å²) in [5, 5.41) is 0. The van der Waals surface area contributed by atoms with Gasteiger partial charge in [0, 0.05) is 71.2 Å². The molecule has 2 aliphatic heterocycles. The minimum atomic E-state index is 0.0584. The van der Waals surface area contributed by atoms with Gasteiger partial charge in [-0.15, -0.1) is 0 Å². The number of nitrogens with zero attached hydrogens (tertiary/aromatic N) is 2. The van der Waals surface area contributed by atoms with E-state index in [1.807, 2.05) is 72.8 Å². The molecule has 0 aromatic heterocycles. The van der Waals surface area contributed by atoms with Crippen LogP contribution in [-0.4, -0.2) is 18.9 Å². The van der Waals surface area contributed by atoms with Crippen molar-refractivity contribution in [1.82, 2.24) is 0 Å². The van der Waals surface area contributed by atoms with Crippen molar-refractivity contribution in [2.75, 3.05) is 34.4 Å². The first-order valence-corrected chi connectivity index (χ1v) is 11.6. The fraction of sp³-hybridized carbons (Fsp3) is 0.138. The van der Waals surface area contributed by atoms with Crippen molar-refractivity contribution in [3.8, 4) is 0 Å². The van der Waals surface area contributed by atoms with Gasteiger partial charge in [0.2, 0.25) is 0 Å². The molecule has 6 rings (SSSR count). The summed E-state index contributed by atoms with van der Waals surface area (Å²) >= 11 is 0. The third-order valence-electron chi connectivity index (χ3n) is 6.89. The van der Waals surface area contributed by atoms with E-state index in [9.17, 15) is 4.79 Å². The van der Waals surface area contributed by atoms with Crippen molar-refractivity contribution in [3.63, 3.8) is 0 Å². The number of nitrogens with two attached hydrogens (primary N) is 2. The fourth-order valence-electron chi connectivity index (χ4n) is 4.96. The van der Waals surface area contributed by atoms with E-state index in [0.29, 0.717) is 11.8 Å². The molecule has 0 spiro atoms. The number of carbonyl (C=O) groups excluding carboxylic acids is 1. The molecule has 0 bridgehead atoms. The molecule has 4 N–H and O–H groups in total. The minimum absolute atomic E-state index is 0.0584. The van der Waals surface area contributed by atoms with Gasteiger partial charge in [-0.05, 0) is 71.8 Å². The predicted molar refractivity (Wildman–Crippen MR) is 139 cm³/mol. The average Bonchev–Trinajstić information content (AvgIpc) is 3.48. The molecule has 34 heavy (non-hydrogen) atoms. The van der Waals surface area contributed by atoms with Crippen molar-refractivity contribution in [2.24, 2.45) is 11.8 Å². The number of Topliss-reactive ketones (excluding diaryl/α,β-unsaturated/α-hetero) is 1. The second kappa shape index (κ2) is 7.96. The smallest absolute Gasteiger partial charge is 0.193 e. The van der Waals surface area contributed by atoms with Crippen molar-refractivity contribution < 1.29 is 4.79 Å². The molecule has 4 aliphatic rings. The molecule has 168 valence electrons. The summed E-state index contributed by atoms with van der Waals surface area (Å²) < 4.78 is 0. The number of nitrogen functional groups attached to an aromatic ring is 2. The molecular weight excluding hydrogens is 420 g/mol. The highest BCUT2D eigenvalue weighted by molar-refractivity contribution is 6.13. The Morgan fingerprint density at radius 2 is 1.09 bits per heavy atom. The van der Waals surface area contributed by atoms with Crippen molar-refractivity contribution in [1.29, 1.82) is 0 Å². The number of ketones is 1. The highest BCUT2D eigenvalue weighted by Gasteiger charge is 2.29. The summed E-state index contributed by atoms with van der Waals surface area (Å²) in [4.78, 5) is 17.8. The Labute approximate surface area is 199 Å². The van der Waals surface area contributed by atoms with Crippen LogP contribution in [0.5, 0.6) is 0 Å². The third kappa shape index (κ3) is 3.65. The van der Waals surface area contributed by atoms with E-state index in [4.69, 9.17) is 11.5 Å². The largest absolute Gasteiger partial charge is 0.399 e. The van der Waals surface area contributed by atoms with E-state index >= 15 is 0 Å². The number of fused-ring (bicyclic) bond motifs is 2. The lowest BCUT2D eigenvalue weighted by Crippen LogP contribution is -2.18. The maximum atomic E-state index is 13.4. The van der Waals surface area contributed by atoms with Crippen LogP contribution in [0.25, 0.3) is 0 Å². The molecule has 2 atom stereocenters. The molecule has 0 saturated carbocycles. The van der Waals surface area contributed by atoms with Gasteiger partial charge in [0.1, 0.15) is 0 Å². The quantitative estimate of drug-likeness (QED) is 0.663. The van der Waals surface area contributed by atoms with Crippen molar-refractivity contribution >= 4 is 28.5 Å². The number of allylic oxidation sites excluding steroid dienone is 6. The number of anilines is 4. The number of rotatable bonds is 4. The van der Waals surface area contributed by atoms with Gasteiger partial charge in [0.15, 0.2) is 5.78 Å². The van der Waals surface area contributed by atoms with Gasteiger partial charge in [0.25, 0.3) is 0 Å². The molecule has 5 nitrogen and oxygen atoms in total. The van der Waals surface area contributed by atoms with Gasteiger partial charge in [-0.2, -0.15) is 0 Å². The summed E-state index contributed by atoms with van der Waals surface area (Å²) in [6.07, 6.45) is 16.6. The van der Waals surface area contributed by atoms with E-state index < -0.39 is 0 Å². The summed E-state index contributed by atoms with van der Waals surface area (Å²) in [7, 11) is 0. The molecule has 2 aliphatic carbocycles. The average molecular weight is 447 g/mol. The van der Waals surface area contributed by atoms with Crippen LogP contribution < -0.4 is 21.3 Å². The standard InChI is InChI=1S/C29H26N4O/c30-25-5-9-27(10-6-25)32-15-21-3-1-19(13-23(21)17-32)29(34)20-2-4-22-16-33(18-24(22)14-20)28-11-7-26(31)8-12-28/h1-14,17-18,21-22H,15-16,30-31H2. The first-order valence-electron chi connectivity index (χ1n) is 11.6. The second-order valence-electron chi connectivity index (χ2n) is 9.21. The molecule has 2 aromatic carbocycles. The minimum Gasteiger partial charge on any atom is -0.399 e. The SMILES string of the molecule is Nc1ccc(N2C=C3C=C(C(=O)C4=CC5=CN(c6ccc(N)cc6)CC5C=C4)C=CC3C2)cc1. The van der Waals surface area contributed by atoms with Crippen LogP contribution in [0.1, 0.15) is 0 Å². The molecule has 0 fully saturated rings. The normalized spacial score (nSPS) is 22.6. The Balaban J connectivity index is 1.22. The van der Waals surface area contributed by atoms with Gasteiger partial charge >= 0.3 is 0 Å². The van der Waals surface area contributed by atoms with Crippen LogP contribution in [0, 0.1) is 11.8 Å². The van der Waals surface area contributed by atoms with E-state index in [0.717, 1.165) is 58.1 Å². The number of carbonyl (C=O) groups is 1. The maximum absolute atomic E-state index is 13.4. The summed E-state index contributed by atoms with van der Waals surface area (Å²) in [5.74, 6) is 0.642. The molecule has 5 heteroatoms. The summed E-state index contributed by atoms with van der Waals surface area (Å²) in [6, 6.07) is 15.8. The van der Waals surface area contributed by atoms with Crippen LogP contribution in [0.4, 0.5) is 22.7 Å². The first kappa shape index (κ1) is 20.4. The Hall–Kier alpha value is -4.25. The van der Waals surface area contributed by atoms with Gasteiger partial charge in [-0.25, -0.2) is 0 Å². The lowest BCUT2D eigenvalue weighted by atomic mass is 9.87. The van der Waals surface area contributed by atoms with Crippen LogP contribution in [0.2, 0.25) is 0 Å². The molecule has 2 aromatic rings. The topological polar surface area (TPSA) is 75.6 Å². The predicted octanol–water partition coefficient (Wildman–Crippen LogP) is 4.75. The highest BCUT2D eigenvalue weighted by atomic mass is 16.1. The van der Waals surface area contributed by atoms with E-state index in [1.165, 1.54) is 0 Å². The lowest BCUT2D eigenvalue weighted by Gasteiger charge is -2.19. The van der Waals surface area contributed by atoms with Gasteiger partial charge in [-0.3, -0.25) is 4.79 Å². The van der Waals surface area contributed by atoms with Crippen molar-refractivity contribution in [3.05, 3.63) is 120 Å². The lowest BCUT2D eigenvalue weighted by molar-refractivity contribution is -0.111. The van der Waals surface area contributed by atoms with Crippen LogP contribution in [0.3, 0.4) is 0 Å². The van der Waals surface area contributed by atoms with Crippen LogP contribution >= 0.6 is 0 Å². The van der Waals surface area contributed by atoms with Crippen LogP contribution in [0.15, 0.2) is 120 Å². The molecule has 0 amide bonds. The molecule has 2 unspecified atom stereocenters. The first-order chi connectivity index (χ1) is 16.5. The van der Waals surface area contributed by atoms with Gasteiger partial charge < -0.3 is 21.3 Å². The molecule has 2 heterocycles. The summed E-state index contributed by atoms with van der Waals surface area (Å²) in [5.41, 5.74) is 19.2.